The number of nitriles is 1. The molecule has 2 heterocycles. The molecule has 3 nitrogen and oxygen atoms in total. The van der Waals surface area contributed by atoms with E-state index >= 15 is 0 Å². The van der Waals surface area contributed by atoms with Crippen molar-refractivity contribution < 1.29 is 0 Å². The normalized spacial score (nSPS) is 16.9. The van der Waals surface area contributed by atoms with Gasteiger partial charge in [0.1, 0.15) is 0 Å². The average Bonchev–Trinajstić information content (AvgIpc) is 2.66. The van der Waals surface area contributed by atoms with Gasteiger partial charge < -0.3 is 0 Å². The first kappa shape index (κ1) is 8.13. The summed E-state index contributed by atoms with van der Waals surface area (Å²) in [5, 5.41) is 9.89. The molecule has 0 unspecified atom stereocenters. The van der Waals surface area contributed by atoms with Crippen LogP contribution in [0.3, 0.4) is 0 Å². The van der Waals surface area contributed by atoms with Gasteiger partial charge in [0.25, 0.3) is 0 Å². The first-order valence-electron chi connectivity index (χ1n) is 4.74. The maximum Gasteiger partial charge on any atom is 0.160 e. The van der Waals surface area contributed by atoms with E-state index in [-0.39, 0.29) is 0 Å². The van der Waals surface area contributed by atoms with Crippen LogP contribution in [0.15, 0.2) is 46.7 Å². The molecular formula is C12H7N3. The van der Waals surface area contributed by atoms with Gasteiger partial charge in [0.2, 0.25) is 0 Å². The third-order valence-corrected chi connectivity index (χ3v) is 2.59. The molecule has 0 saturated heterocycles. The molecule has 3 rings (SSSR count). The van der Waals surface area contributed by atoms with Crippen molar-refractivity contribution >= 4 is 5.57 Å². The molecule has 70 valence electrons. The maximum absolute atomic E-state index is 8.80. The molecule has 2 aliphatic rings. The number of hydrogen-bond acceptors (Lipinski definition) is 3. The molecule has 0 bridgehead atoms. The average molecular weight is 193 g/mol. The Kier molecular flexibility index (Phi) is 1.57. The van der Waals surface area contributed by atoms with Crippen LogP contribution < -0.4 is 10.7 Å². The maximum atomic E-state index is 8.80. The molecule has 0 radical (unpaired) electrons. The monoisotopic (exact) mass is 193 g/mol. The Morgan fingerprint density at radius 1 is 1.40 bits per heavy atom. The van der Waals surface area contributed by atoms with Crippen molar-refractivity contribution in [1.29, 1.82) is 5.26 Å². The van der Waals surface area contributed by atoms with Crippen molar-refractivity contribution in [3.05, 3.63) is 52.5 Å². The number of hydrogen-bond donors (Lipinski definition) is 0. The zero-order valence-electron chi connectivity index (χ0n) is 7.94. The second kappa shape index (κ2) is 2.89. The summed E-state index contributed by atoms with van der Waals surface area (Å²) in [5.41, 5.74) is 3.52. The largest absolute Gasteiger partial charge is 0.237 e. The summed E-state index contributed by atoms with van der Waals surface area (Å²) in [6.07, 6.45) is 6.26. The summed E-state index contributed by atoms with van der Waals surface area (Å²) < 4.78 is 0. The number of pyridine rings is 1. The minimum Gasteiger partial charge on any atom is -0.237 e. The van der Waals surface area contributed by atoms with E-state index in [1.54, 1.807) is 6.20 Å². The van der Waals surface area contributed by atoms with Crippen molar-refractivity contribution in [2.45, 2.75) is 6.42 Å². The third-order valence-electron chi connectivity index (χ3n) is 2.59. The van der Waals surface area contributed by atoms with Crippen molar-refractivity contribution in [2.75, 3.05) is 0 Å². The van der Waals surface area contributed by atoms with Crippen LogP contribution in [0.1, 0.15) is 6.42 Å². The first-order valence-corrected chi connectivity index (χ1v) is 4.74. The van der Waals surface area contributed by atoms with Crippen LogP contribution >= 0.6 is 0 Å². The fraction of sp³-hybridized carbons (Fsp3) is 0.0833. The van der Waals surface area contributed by atoms with E-state index in [1.807, 2.05) is 24.3 Å². The van der Waals surface area contributed by atoms with Gasteiger partial charge in [-0.2, -0.15) is 5.26 Å². The topological polar surface area (TPSA) is 49.0 Å². The standard InChI is InChI=1S/C12H7N3/c13-7-8-3-4-9-10-2-1-5-14-12(10)15-11(9)6-8/h1-3,5-6H,4H2. The van der Waals surface area contributed by atoms with Crippen molar-refractivity contribution in [1.82, 2.24) is 4.98 Å². The highest BCUT2D eigenvalue weighted by Crippen LogP contribution is 2.24. The highest BCUT2D eigenvalue weighted by molar-refractivity contribution is 5.71. The van der Waals surface area contributed by atoms with Gasteiger partial charge in [-0.3, -0.25) is 0 Å². The summed E-state index contributed by atoms with van der Waals surface area (Å²) in [7, 11) is 0. The fourth-order valence-electron chi connectivity index (χ4n) is 1.87. The molecule has 0 fully saturated rings. The quantitative estimate of drug-likeness (QED) is 0.606. The van der Waals surface area contributed by atoms with Crippen LogP contribution in [0.5, 0.6) is 0 Å². The van der Waals surface area contributed by atoms with Gasteiger partial charge in [-0.15, -0.1) is 0 Å². The molecule has 1 aromatic rings. The van der Waals surface area contributed by atoms with E-state index in [2.05, 4.69) is 16.0 Å². The molecule has 1 aliphatic carbocycles. The molecule has 0 saturated carbocycles. The Morgan fingerprint density at radius 2 is 2.33 bits per heavy atom. The van der Waals surface area contributed by atoms with Crippen LogP contribution in [-0.4, -0.2) is 4.98 Å². The van der Waals surface area contributed by atoms with Gasteiger partial charge in [0.05, 0.1) is 17.3 Å². The molecule has 0 spiro atoms. The van der Waals surface area contributed by atoms with E-state index in [0.29, 0.717) is 5.57 Å². The fourth-order valence-corrected chi connectivity index (χ4v) is 1.87. The van der Waals surface area contributed by atoms with E-state index in [0.717, 1.165) is 22.8 Å². The van der Waals surface area contributed by atoms with Crippen LogP contribution in [0.25, 0.3) is 5.57 Å². The Bertz CT molecular complexity index is 657. The number of allylic oxidation sites excluding steroid dienone is 4. The Balaban J connectivity index is 2.31. The Labute approximate surface area is 86.4 Å². The third kappa shape index (κ3) is 1.12. The molecule has 1 aliphatic heterocycles. The zero-order valence-corrected chi connectivity index (χ0v) is 7.94. The minimum atomic E-state index is 0.685. The van der Waals surface area contributed by atoms with Gasteiger partial charge in [0, 0.05) is 11.4 Å². The Hall–Kier alpha value is -2.21. The molecule has 0 atom stereocenters. The van der Waals surface area contributed by atoms with Crippen molar-refractivity contribution in [2.24, 2.45) is 4.99 Å². The predicted octanol–water partition coefficient (Wildman–Crippen LogP) is 0.603. The molecule has 15 heavy (non-hydrogen) atoms. The van der Waals surface area contributed by atoms with E-state index < -0.39 is 0 Å². The van der Waals surface area contributed by atoms with E-state index in [1.165, 1.54) is 5.57 Å². The van der Waals surface area contributed by atoms with Crippen molar-refractivity contribution in [3.63, 3.8) is 0 Å². The second-order valence-corrected chi connectivity index (χ2v) is 3.47. The smallest absolute Gasteiger partial charge is 0.160 e. The van der Waals surface area contributed by atoms with Crippen LogP contribution in [0, 0.1) is 11.3 Å². The molecular weight excluding hydrogens is 186 g/mol. The lowest BCUT2D eigenvalue weighted by Crippen LogP contribution is -2.25. The highest BCUT2D eigenvalue weighted by Gasteiger charge is 2.16. The Morgan fingerprint density at radius 3 is 3.20 bits per heavy atom. The lowest BCUT2D eigenvalue weighted by molar-refractivity contribution is 1.13. The summed E-state index contributed by atoms with van der Waals surface area (Å²) in [6, 6.07) is 6.07. The van der Waals surface area contributed by atoms with E-state index in [9.17, 15) is 0 Å². The molecule has 1 aromatic heterocycles. The minimum absolute atomic E-state index is 0.685. The van der Waals surface area contributed by atoms with Crippen LogP contribution in [0.2, 0.25) is 0 Å². The molecule has 3 heteroatoms. The summed E-state index contributed by atoms with van der Waals surface area (Å²) in [5.74, 6) is 0. The molecule has 0 N–H and O–H groups in total. The zero-order chi connectivity index (χ0) is 10.3. The predicted molar refractivity (Wildman–Crippen MR) is 54.8 cm³/mol. The van der Waals surface area contributed by atoms with Crippen LogP contribution in [-0.2, 0) is 0 Å². The summed E-state index contributed by atoms with van der Waals surface area (Å²) in [6.45, 7) is 0. The number of rotatable bonds is 0. The first-order chi connectivity index (χ1) is 7.38. The van der Waals surface area contributed by atoms with Gasteiger partial charge in [-0.05, 0) is 30.2 Å². The number of fused-ring (bicyclic) bond motifs is 2. The SMILES string of the molecule is N#CC1=CCC2=c3cccnc3=NC2=C1. The summed E-state index contributed by atoms with van der Waals surface area (Å²) in [4.78, 5) is 8.59. The summed E-state index contributed by atoms with van der Waals surface area (Å²) >= 11 is 0. The van der Waals surface area contributed by atoms with Crippen LogP contribution in [0.4, 0.5) is 0 Å². The van der Waals surface area contributed by atoms with Gasteiger partial charge in [0.15, 0.2) is 5.49 Å². The molecule has 0 aromatic carbocycles. The molecule has 0 amide bonds. The van der Waals surface area contributed by atoms with Gasteiger partial charge in [-0.25, -0.2) is 9.98 Å². The van der Waals surface area contributed by atoms with E-state index in [4.69, 9.17) is 5.26 Å². The van der Waals surface area contributed by atoms with Gasteiger partial charge in [-0.1, -0.05) is 6.08 Å². The number of nitrogens with zero attached hydrogens (tertiary/aromatic N) is 3. The van der Waals surface area contributed by atoms with Crippen molar-refractivity contribution in [3.8, 4) is 6.07 Å². The van der Waals surface area contributed by atoms with Gasteiger partial charge >= 0.3 is 0 Å². The lowest BCUT2D eigenvalue weighted by atomic mass is 9.99. The number of aromatic nitrogens is 1. The lowest BCUT2D eigenvalue weighted by Gasteiger charge is -2.05. The highest BCUT2D eigenvalue weighted by atomic mass is 14.9. The second-order valence-electron chi connectivity index (χ2n) is 3.47.